The summed E-state index contributed by atoms with van der Waals surface area (Å²) in [6.07, 6.45) is 4.58. The maximum absolute atomic E-state index is 12.2. The predicted octanol–water partition coefficient (Wildman–Crippen LogP) is 3.27. The van der Waals surface area contributed by atoms with Crippen molar-refractivity contribution in [2.45, 2.75) is 30.7 Å². The van der Waals surface area contributed by atoms with Crippen molar-refractivity contribution in [1.29, 1.82) is 0 Å². The van der Waals surface area contributed by atoms with Crippen LogP contribution in [-0.2, 0) is 6.54 Å². The molecule has 0 bridgehead atoms. The number of para-hydroxylation sites is 1. The lowest BCUT2D eigenvalue weighted by atomic mass is 10.2. The summed E-state index contributed by atoms with van der Waals surface area (Å²) in [4.78, 5) is 0. The summed E-state index contributed by atoms with van der Waals surface area (Å²) in [6, 6.07) is 6.91. The molecule has 0 saturated heterocycles. The molecule has 2 nitrogen and oxygen atoms in total. The van der Waals surface area contributed by atoms with Gasteiger partial charge in [-0.3, -0.25) is 0 Å². The van der Waals surface area contributed by atoms with Crippen molar-refractivity contribution in [1.82, 2.24) is 5.32 Å². The van der Waals surface area contributed by atoms with Gasteiger partial charge in [-0.15, -0.1) is 0 Å². The van der Waals surface area contributed by atoms with Crippen molar-refractivity contribution >= 4 is 11.8 Å². The summed E-state index contributed by atoms with van der Waals surface area (Å²) in [7, 11) is 0. The number of rotatable bonds is 7. The van der Waals surface area contributed by atoms with Gasteiger partial charge in [-0.25, -0.2) is 0 Å². The van der Waals surface area contributed by atoms with Crippen molar-refractivity contribution in [2.75, 3.05) is 12.8 Å². The van der Waals surface area contributed by atoms with Crippen LogP contribution in [0.15, 0.2) is 24.3 Å². The SMILES string of the molecule is CSC1(CNCc2ccccc2OC(F)F)CC1. The van der Waals surface area contributed by atoms with Gasteiger partial charge in [-0.1, -0.05) is 18.2 Å². The quantitative estimate of drug-likeness (QED) is 0.824. The molecular weight excluding hydrogens is 256 g/mol. The first-order valence-corrected chi connectivity index (χ1v) is 7.16. The summed E-state index contributed by atoms with van der Waals surface area (Å²) in [5.74, 6) is 0.258. The molecule has 1 aliphatic rings. The molecule has 0 heterocycles. The minimum Gasteiger partial charge on any atom is -0.434 e. The molecule has 0 spiro atoms. The maximum atomic E-state index is 12.2. The van der Waals surface area contributed by atoms with Crippen LogP contribution in [0.2, 0.25) is 0 Å². The summed E-state index contributed by atoms with van der Waals surface area (Å²) in [5, 5.41) is 3.32. The number of ether oxygens (including phenoxy) is 1. The Balaban J connectivity index is 1.88. The van der Waals surface area contributed by atoms with E-state index in [1.807, 2.05) is 23.9 Å². The van der Waals surface area contributed by atoms with Crippen LogP contribution in [0.25, 0.3) is 0 Å². The second kappa shape index (κ2) is 5.89. The van der Waals surface area contributed by atoms with Gasteiger partial charge in [0.2, 0.25) is 0 Å². The van der Waals surface area contributed by atoms with E-state index in [4.69, 9.17) is 0 Å². The van der Waals surface area contributed by atoms with Crippen molar-refractivity contribution in [3.8, 4) is 5.75 Å². The highest BCUT2D eigenvalue weighted by atomic mass is 32.2. The van der Waals surface area contributed by atoms with Gasteiger partial charge in [0.15, 0.2) is 0 Å². The molecule has 100 valence electrons. The van der Waals surface area contributed by atoms with Gasteiger partial charge in [-0.2, -0.15) is 20.5 Å². The Morgan fingerprint density at radius 1 is 1.39 bits per heavy atom. The van der Waals surface area contributed by atoms with Crippen molar-refractivity contribution in [3.05, 3.63) is 29.8 Å². The molecule has 0 unspecified atom stereocenters. The molecule has 2 rings (SSSR count). The third-order valence-electron chi connectivity index (χ3n) is 3.19. The zero-order valence-electron chi connectivity index (χ0n) is 10.3. The van der Waals surface area contributed by atoms with Gasteiger partial charge in [-0.05, 0) is 25.2 Å². The van der Waals surface area contributed by atoms with Crippen LogP contribution < -0.4 is 10.1 Å². The van der Waals surface area contributed by atoms with Crippen molar-refractivity contribution in [2.24, 2.45) is 0 Å². The summed E-state index contributed by atoms with van der Waals surface area (Å²) in [6.45, 7) is -1.30. The number of thioether (sulfide) groups is 1. The number of nitrogens with one attached hydrogen (secondary N) is 1. The first kappa shape index (κ1) is 13.6. The van der Waals surface area contributed by atoms with Crippen molar-refractivity contribution < 1.29 is 13.5 Å². The van der Waals surface area contributed by atoms with Crippen LogP contribution in [-0.4, -0.2) is 24.2 Å². The lowest BCUT2D eigenvalue weighted by molar-refractivity contribution is -0.0504. The van der Waals surface area contributed by atoms with Gasteiger partial charge >= 0.3 is 6.61 Å². The van der Waals surface area contributed by atoms with Gasteiger partial charge in [0, 0.05) is 23.4 Å². The van der Waals surface area contributed by atoms with E-state index in [0.29, 0.717) is 11.3 Å². The fourth-order valence-corrected chi connectivity index (χ4v) is 2.63. The molecule has 1 N–H and O–H groups in total. The Hall–Kier alpha value is -0.810. The molecule has 5 heteroatoms. The van der Waals surface area contributed by atoms with Gasteiger partial charge in [0.05, 0.1) is 0 Å². The van der Waals surface area contributed by atoms with E-state index >= 15 is 0 Å². The second-order valence-corrected chi connectivity index (χ2v) is 5.75. The average Bonchev–Trinajstić information content (AvgIpc) is 3.11. The summed E-state index contributed by atoms with van der Waals surface area (Å²) >= 11 is 1.87. The molecule has 1 aromatic rings. The smallest absolute Gasteiger partial charge is 0.387 e. The zero-order chi connectivity index (χ0) is 13.0. The fraction of sp³-hybridized carbons (Fsp3) is 0.538. The summed E-state index contributed by atoms with van der Waals surface area (Å²) < 4.78 is 29.3. The minimum absolute atomic E-state index is 0.258. The Kier molecular flexibility index (Phi) is 4.45. The summed E-state index contributed by atoms with van der Waals surface area (Å²) in [5.41, 5.74) is 0.773. The number of benzene rings is 1. The van der Waals surface area contributed by atoms with E-state index in [1.54, 1.807) is 12.1 Å². The van der Waals surface area contributed by atoms with E-state index in [0.717, 1.165) is 12.1 Å². The molecule has 1 aliphatic carbocycles. The van der Waals surface area contributed by atoms with Gasteiger partial charge in [0.1, 0.15) is 5.75 Å². The highest BCUT2D eigenvalue weighted by molar-refractivity contribution is 8.00. The van der Waals surface area contributed by atoms with E-state index in [1.165, 1.54) is 12.8 Å². The lowest BCUT2D eigenvalue weighted by Gasteiger charge is -2.15. The topological polar surface area (TPSA) is 21.3 Å². The predicted molar refractivity (Wildman–Crippen MR) is 70.3 cm³/mol. The van der Waals surface area contributed by atoms with Gasteiger partial charge < -0.3 is 10.1 Å². The monoisotopic (exact) mass is 273 g/mol. The normalized spacial score (nSPS) is 16.9. The van der Waals surface area contributed by atoms with Crippen LogP contribution in [0.1, 0.15) is 18.4 Å². The van der Waals surface area contributed by atoms with Crippen LogP contribution in [0.5, 0.6) is 5.75 Å². The van der Waals surface area contributed by atoms with E-state index in [-0.39, 0.29) is 5.75 Å². The second-order valence-electron chi connectivity index (χ2n) is 4.48. The van der Waals surface area contributed by atoms with E-state index in [2.05, 4.69) is 16.3 Å². The Morgan fingerprint density at radius 2 is 2.11 bits per heavy atom. The molecule has 0 aliphatic heterocycles. The molecule has 1 aromatic carbocycles. The van der Waals surface area contributed by atoms with Crippen LogP contribution in [0.4, 0.5) is 8.78 Å². The minimum atomic E-state index is -2.77. The molecule has 0 atom stereocenters. The number of halogens is 2. The molecule has 1 saturated carbocycles. The third kappa shape index (κ3) is 3.59. The molecule has 1 fully saturated rings. The number of hydrogen-bond acceptors (Lipinski definition) is 3. The third-order valence-corrected chi connectivity index (χ3v) is 4.61. The fourth-order valence-electron chi connectivity index (χ4n) is 1.88. The van der Waals surface area contributed by atoms with Crippen LogP contribution in [0.3, 0.4) is 0 Å². The maximum Gasteiger partial charge on any atom is 0.387 e. The molecular formula is C13H17F2NOS. The Labute approximate surface area is 110 Å². The molecule has 0 aromatic heterocycles. The first-order chi connectivity index (χ1) is 8.65. The average molecular weight is 273 g/mol. The molecule has 0 amide bonds. The van der Waals surface area contributed by atoms with E-state index in [9.17, 15) is 8.78 Å². The number of alkyl halides is 2. The lowest BCUT2D eigenvalue weighted by Crippen LogP contribution is -2.25. The van der Waals surface area contributed by atoms with Crippen LogP contribution >= 0.6 is 11.8 Å². The Morgan fingerprint density at radius 3 is 2.72 bits per heavy atom. The molecule has 0 radical (unpaired) electrons. The Bertz CT molecular complexity index is 396. The van der Waals surface area contributed by atoms with E-state index < -0.39 is 6.61 Å². The highest BCUT2D eigenvalue weighted by Gasteiger charge is 2.41. The van der Waals surface area contributed by atoms with Crippen LogP contribution in [0, 0.1) is 0 Å². The number of hydrogen-bond donors (Lipinski definition) is 1. The largest absolute Gasteiger partial charge is 0.434 e. The zero-order valence-corrected chi connectivity index (χ0v) is 11.1. The molecule has 18 heavy (non-hydrogen) atoms. The standard InChI is InChI=1S/C13H17F2NOS/c1-18-13(6-7-13)9-16-8-10-4-2-3-5-11(10)17-12(14)15/h2-5,12,16H,6-9H2,1H3. The highest BCUT2D eigenvalue weighted by Crippen LogP contribution is 2.46. The van der Waals surface area contributed by atoms with Gasteiger partial charge in [0.25, 0.3) is 0 Å². The van der Waals surface area contributed by atoms with Crippen molar-refractivity contribution in [3.63, 3.8) is 0 Å². The first-order valence-electron chi connectivity index (χ1n) is 5.94.